The molecule has 3 N–H and O–H groups in total. The number of aliphatic hydroxyl groups excluding tert-OH is 1. The van der Waals surface area contributed by atoms with Crippen molar-refractivity contribution in [2.45, 2.75) is 25.1 Å². The smallest absolute Gasteiger partial charge is 0.235 e. The van der Waals surface area contributed by atoms with Gasteiger partial charge in [0.05, 0.1) is 12.1 Å². The molecule has 0 saturated carbocycles. The largest absolute Gasteiger partial charge is 0.387 e. The molecule has 3 rings (SSSR count). The molecule has 0 aromatic heterocycles. The third-order valence-electron chi connectivity index (χ3n) is 4.32. The van der Waals surface area contributed by atoms with Crippen LogP contribution in [0.25, 0.3) is 0 Å². The highest BCUT2D eigenvalue weighted by Gasteiger charge is 2.31. The molecule has 0 radical (unpaired) electrons. The highest BCUT2D eigenvalue weighted by Crippen LogP contribution is 2.26. The Morgan fingerprint density at radius 1 is 1.26 bits per heavy atom. The molecule has 1 heterocycles. The number of hydrogen-bond donors (Lipinski definition) is 2. The first-order valence-corrected chi connectivity index (χ1v) is 7.96. The molecule has 0 spiro atoms. The number of nitrogens with zero attached hydrogens (tertiary/aromatic N) is 1. The molecule has 23 heavy (non-hydrogen) atoms. The van der Waals surface area contributed by atoms with Gasteiger partial charge in [0.2, 0.25) is 5.91 Å². The number of hydrogen-bond acceptors (Lipinski definition) is 3. The van der Waals surface area contributed by atoms with Crippen molar-refractivity contribution in [3.63, 3.8) is 0 Å². The fourth-order valence-corrected chi connectivity index (χ4v) is 3.29. The average Bonchev–Trinajstić information content (AvgIpc) is 2.54. The number of amides is 1. The van der Waals surface area contributed by atoms with Gasteiger partial charge in [-0.2, -0.15) is 0 Å². The van der Waals surface area contributed by atoms with E-state index in [2.05, 4.69) is 0 Å². The quantitative estimate of drug-likeness (QED) is 0.904. The topological polar surface area (TPSA) is 66.6 Å². The fourth-order valence-electron chi connectivity index (χ4n) is 3.09. The molecule has 2 aromatic rings. The molecular formula is C18H19ClN2O2. The lowest BCUT2D eigenvalue weighted by Crippen LogP contribution is -2.49. The number of nitrogens with two attached hydrogens (primary N) is 1. The molecule has 4 nitrogen and oxygen atoms in total. The number of fused-ring (bicyclic) bond motifs is 1. The summed E-state index contributed by atoms with van der Waals surface area (Å²) >= 11 is 5.98. The van der Waals surface area contributed by atoms with Crippen molar-refractivity contribution in [1.29, 1.82) is 0 Å². The fraction of sp³-hybridized carbons (Fsp3) is 0.278. The number of β-amino-alcohol motifs (C(OH)–C–C–N with tert-alkyl or cyclic N) is 1. The lowest BCUT2D eigenvalue weighted by molar-refractivity contribution is -0.124. The van der Waals surface area contributed by atoms with E-state index in [1.54, 1.807) is 18.2 Å². The minimum absolute atomic E-state index is 0.336. The number of rotatable bonds is 4. The zero-order valence-electron chi connectivity index (χ0n) is 12.7. The summed E-state index contributed by atoms with van der Waals surface area (Å²) in [5.41, 5.74) is 8.62. The molecule has 2 atom stereocenters. The molecule has 0 aliphatic carbocycles. The van der Waals surface area contributed by atoms with Crippen molar-refractivity contribution < 1.29 is 9.90 Å². The highest BCUT2D eigenvalue weighted by atomic mass is 35.5. The third kappa shape index (κ3) is 3.55. The Balaban J connectivity index is 1.81. The molecule has 1 unspecified atom stereocenters. The van der Waals surface area contributed by atoms with Gasteiger partial charge in [0.25, 0.3) is 0 Å². The van der Waals surface area contributed by atoms with E-state index in [1.807, 2.05) is 35.2 Å². The van der Waals surface area contributed by atoms with E-state index in [9.17, 15) is 9.90 Å². The molecule has 1 amide bonds. The van der Waals surface area contributed by atoms with E-state index >= 15 is 0 Å². The second kappa shape index (κ2) is 6.71. The van der Waals surface area contributed by atoms with Crippen molar-refractivity contribution in [1.82, 2.24) is 4.90 Å². The van der Waals surface area contributed by atoms with Gasteiger partial charge in [-0.25, -0.2) is 0 Å². The highest BCUT2D eigenvalue weighted by molar-refractivity contribution is 6.30. The van der Waals surface area contributed by atoms with Crippen molar-refractivity contribution in [2.75, 3.05) is 6.54 Å². The Morgan fingerprint density at radius 3 is 2.70 bits per heavy atom. The SMILES string of the molecule is NC(=O)[C@@H]1Cc2ccccc2CN1CC(O)c1cccc(Cl)c1. The number of halogens is 1. The van der Waals surface area contributed by atoms with E-state index in [0.717, 1.165) is 11.1 Å². The molecule has 2 aromatic carbocycles. The van der Waals surface area contributed by atoms with E-state index in [-0.39, 0.29) is 5.91 Å². The Kier molecular flexibility index (Phi) is 4.66. The van der Waals surface area contributed by atoms with Gasteiger partial charge in [0, 0.05) is 18.1 Å². The molecule has 0 fully saturated rings. The van der Waals surface area contributed by atoms with Gasteiger partial charge in [0.1, 0.15) is 0 Å². The monoisotopic (exact) mass is 330 g/mol. The van der Waals surface area contributed by atoms with Crippen LogP contribution in [0.1, 0.15) is 22.8 Å². The van der Waals surface area contributed by atoms with Crippen LogP contribution in [0, 0.1) is 0 Å². The van der Waals surface area contributed by atoms with Crippen LogP contribution in [0.5, 0.6) is 0 Å². The molecular weight excluding hydrogens is 312 g/mol. The minimum Gasteiger partial charge on any atom is -0.387 e. The third-order valence-corrected chi connectivity index (χ3v) is 4.55. The lowest BCUT2D eigenvalue weighted by Gasteiger charge is -2.36. The van der Waals surface area contributed by atoms with Crippen LogP contribution in [0.3, 0.4) is 0 Å². The van der Waals surface area contributed by atoms with Crippen molar-refractivity contribution in [3.8, 4) is 0 Å². The zero-order valence-corrected chi connectivity index (χ0v) is 13.4. The van der Waals surface area contributed by atoms with Gasteiger partial charge in [-0.05, 0) is 35.2 Å². The van der Waals surface area contributed by atoms with Gasteiger partial charge in [-0.3, -0.25) is 9.69 Å². The van der Waals surface area contributed by atoms with Gasteiger partial charge < -0.3 is 10.8 Å². The van der Waals surface area contributed by atoms with Crippen LogP contribution in [0.4, 0.5) is 0 Å². The molecule has 120 valence electrons. The minimum atomic E-state index is -0.721. The maximum absolute atomic E-state index is 11.8. The standard InChI is InChI=1S/C18H19ClN2O2/c19-15-7-3-6-13(8-15)17(22)11-21-10-14-5-2-1-4-12(14)9-16(21)18(20)23/h1-8,16-17,22H,9-11H2,(H2,20,23)/t16-,17?/m0/s1. The normalized spacial score (nSPS) is 19.1. The Labute approximate surface area is 140 Å². The Morgan fingerprint density at radius 2 is 2.00 bits per heavy atom. The van der Waals surface area contributed by atoms with E-state index < -0.39 is 12.1 Å². The van der Waals surface area contributed by atoms with Gasteiger partial charge >= 0.3 is 0 Å². The molecule has 1 aliphatic heterocycles. The van der Waals surface area contributed by atoms with Crippen LogP contribution < -0.4 is 5.73 Å². The maximum atomic E-state index is 11.8. The molecule has 5 heteroatoms. The van der Waals surface area contributed by atoms with Crippen molar-refractivity contribution in [3.05, 3.63) is 70.2 Å². The zero-order chi connectivity index (χ0) is 16.4. The summed E-state index contributed by atoms with van der Waals surface area (Å²) in [6.07, 6.45) is -0.144. The van der Waals surface area contributed by atoms with Gasteiger partial charge in [-0.1, -0.05) is 48.0 Å². The summed E-state index contributed by atoms with van der Waals surface area (Å²) in [6.45, 7) is 0.934. The van der Waals surface area contributed by atoms with Crippen molar-refractivity contribution in [2.24, 2.45) is 5.73 Å². The first-order valence-electron chi connectivity index (χ1n) is 7.58. The van der Waals surface area contributed by atoms with Crippen LogP contribution in [-0.4, -0.2) is 28.5 Å². The van der Waals surface area contributed by atoms with E-state index in [0.29, 0.717) is 24.5 Å². The van der Waals surface area contributed by atoms with Crippen molar-refractivity contribution >= 4 is 17.5 Å². The van der Waals surface area contributed by atoms with Gasteiger partial charge in [-0.15, -0.1) is 0 Å². The van der Waals surface area contributed by atoms with Crippen LogP contribution >= 0.6 is 11.6 Å². The second-order valence-electron chi connectivity index (χ2n) is 5.89. The average molecular weight is 331 g/mol. The number of benzene rings is 2. The molecule has 0 saturated heterocycles. The number of primary amides is 1. The van der Waals surface area contributed by atoms with Gasteiger partial charge in [0.15, 0.2) is 0 Å². The number of carbonyl (C=O) groups is 1. The summed E-state index contributed by atoms with van der Waals surface area (Å²) in [4.78, 5) is 13.8. The summed E-state index contributed by atoms with van der Waals surface area (Å²) in [5.74, 6) is -0.363. The van der Waals surface area contributed by atoms with Crippen LogP contribution in [0.15, 0.2) is 48.5 Å². The maximum Gasteiger partial charge on any atom is 0.235 e. The molecule has 0 bridgehead atoms. The van der Waals surface area contributed by atoms with Crippen LogP contribution in [-0.2, 0) is 17.8 Å². The lowest BCUT2D eigenvalue weighted by atomic mass is 9.93. The molecule has 1 aliphatic rings. The number of aliphatic hydroxyl groups is 1. The van der Waals surface area contributed by atoms with E-state index in [4.69, 9.17) is 17.3 Å². The Bertz CT molecular complexity index is 720. The predicted octanol–water partition coefficient (Wildman–Crippen LogP) is 2.29. The van der Waals surface area contributed by atoms with E-state index in [1.165, 1.54) is 5.56 Å². The Hall–Kier alpha value is -1.88. The second-order valence-corrected chi connectivity index (χ2v) is 6.33. The summed E-state index contributed by atoms with van der Waals surface area (Å²) in [6, 6.07) is 14.7. The summed E-state index contributed by atoms with van der Waals surface area (Å²) in [5, 5.41) is 11.1. The number of carbonyl (C=O) groups excluding carboxylic acids is 1. The van der Waals surface area contributed by atoms with Crippen LogP contribution in [0.2, 0.25) is 5.02 Å². The predicted molar refractivity (Wildman–Crippen MR) is 90.0 cm³/mol. The summed E-state index contributed by atoms with van der Waals surface area (Å²) < 4.78 is 0. The summed E-state index contributed by atoms with van der Waals surface area (Å²) in [7, 11) is 0. The first kappa shape index (κ1) is 16.0. The first-order chi connectivity index (χ1) is 11.0.